The third kappa shape index (κ3) is 4.03. The molecule has 1 aliphatic heterocycles. The van der Waals surface area contributed by atoms with Crippen LogP contribution in [0.2, 0.25) is 0 Å². The standard InChI is InChI=1S/C22H25N3O5/c1-12-8-6-7-9-15(12)24-21(26)18-13(2)23-22(27)25-19(18)14-10-16(28-3)20(30-5)17(11-14)29-4/h6-11,19H,1-5H3,(H,24,26)(H2,23,25,27). The van der Waals surface area contributed by atoms with Gasteiger partial charge in [-0.15, -0.1) is 0 Å². The van der Waals surface area contributed by atoms with Crippen molar-refractivity contribution in [3.05, 3.63) is 58.8 Å². The summed E-state index contributed by atoms with van der Waals surface area (Å²) in [7, 11) is 4.53. The Kier molecular flexibility index (Phi) is 6.15. The van der Waals surface area contributed by atoms with Crippen LogP contribution in [0.4, 0.5) is 10.5 Å². The highest BCUT2D eigenvalue weighted by Crippen LogP contribution is 2.41. The van der Waals surface area contributed by atoms with E-state index in [-0.39, 0.29) is 5.91 Å². The first-order valence-electron chi connectivity index (χ1n) is 9.34. The van der Waals surface area contributed by atoms with E-state index >= 15 is 0 Å². The zero-order valence-corrected chi connectivity index (χ0v) is 17.6. The Morgan fingerprint density at radius 3 is 2.20 bits per heavy atom. The number of hydrogen-bond donors (Lipinski definition) is 3. The Balaban J connectivity index is 2.06. The van der Waals surface area contributed by atoms with Gasteiger partial charge in [0.05, 0.1) is 32.9 Å². The van der Waals surface area contributed by atoms with Crippen molar-refractivity contribution in [3.63, 3.8) is 0 Å². The first-order chi connectivity index (χ1) is 14.4. The van der Waals surface area contributed by atoms with Gasteiger partial charge in [0, 0.05) is 11.4 Å². The molecule has 0 bridgehead atoms. The fourth-order valence-corrected chi connectivity index (χ4v) is 3.42. The van der Waals surface area contributed by atoms with Gasteiger partial charge in [-0.05, 0) is 43.2 Å². The van der Waals surface area contributed by atoms with Crippen LogP contribution in [-0.2, 0) is 4.79 Å². The molecule has 1 aliphatic rings. The van der Waals surface area contributed by atoms with Crippen LogP contribution in [0.3, 0.4) is 0 Å². The molecule has 3 amide bonds. The van der Waals surface area contributed by atoms with E-state index in [2.05, 4.69) is 16.0 Å². The highest BCUT2D eigenvalue weighted by atomic mass is 16.5. The van der Waals surface area contributed by atoms with E-state index in [1.54, 1.807) is 19.1 Å². The molecular weight excluding hydrogens is 386 g/mol. The summed E-state index contributed by atoms with van der Waals surface area (Å²) in [5.74, 6) is 0.954. The van der Waals surface area contributed by atoms with Gasteiger partial charge in [0.25, 0.3) is 5.91 Å². The van der Waals surface area contributed by atoms with Crippen molar-refractivity contribution in [1.82, 2.24) is 10.6 Å². The lowest BCUT2D eigenvalue weighted by Crippen LogP contribution is -2.46. The fraction of sp³-hybridized carbons (Fsp3) is 0.273. The summed E-state index contributed by atoms with van der Waals surface area (Å²) in [4.78, 5) is 25.4. The van der Waals surface area contributed by atoms with Crippen LogP contribution in [0.25, 0.3) is 0 Å². The van der Waals surface area contributed by atoms with Crippen molar-refractivity contribution in [1.29, 1.82) is 0 Å². The normalized spacial score (nSPS) is 15.8. The number of aryl methyl sites for hydroxylation is 1. The molecule has 0 saturated heterocycles. The number of carbonyl (C=O) groups excluding carboxylic acids is 2. The number of rotatable bonds is 6. The predicted molar refractivity (Wildman–Crippen MR) is 113 cm³/mol. The van der Waals surface area contributed by atoms with Crippen LogP contribution < -0.4 is 30.2 Å². The number of anilines is 1. The molecule has 8 heteroatoms. The van der Waals surface area contributed by atoms with Gasteiger partial charge in [-0.3, -0.25) is 4.79 Å². The summed E-state index contributed by atoms with van der Waals surface area (Å²) in [5.41, 5.74) is 3.09. The van der Waals surface area contributed by atoms with Crippen molar-refractivity contribution < 1.29 is 23.8 Å². The molecular formula is C22H25N3O5. The zero-order chi connectivity index (χ0) is 21.8. The van der Waals surface area contributed by atoms with E-state index in [0.717, 1.165) is 5.56 Å². The van der Waals surface area contributed by atoms with Crippen LogP contribution in [-0.4, -0.2) is 33.3 Å². The monoisotopic (exact) mass is 411 g/mol. The first kappa shape index (κ1) is 21.0. The highest BCUT2D eigenvalue weighted by molar-refractivity contribution is 6.07. The molecule has 1 unspecified atom stereocenters. The van der Waals surface area contributed by atoms with E-state index in [0.29, 0.717) is 39.8 Å². The molecule has 3 rings (SSSR count). The maximum atomic E-state index is 13.2. The zero-order valence-electron chi connectivity index (χ0n) is 17.6. The lowest BCUT2D eigenvalue weighted by Gasteiger charge is -2.29. The summed E-state index contributed by atoms with van der Waals surface area (Å²) in [6.07, 6.45) is 0. The molecule has 8 nitrogen and oxygen atoms in total. The first-order valence-corrected chi connectivity index (χ1v) is 9.34. The summed E-state index contributed by atoms with van der Waals surface area (Å²) in [6, 6.07) is 9.80. The maximum absolute atomic E-state index is 13.2. The number of nitrogens with one attached hydrogen (secondary N) is 3. The largest absolute Gasteiger partial charge is 0.493 e. The minimum Gasteiger partial charge on any atom is -0.493 e. The van der Waals surface area contributed by atoms with Crippen molar-refractivity contribution in [2.75, 3.05) is 26.6 Å². The number of amides is 3. The second-order valence-corrected chi connectivity index (χ2v) is 6.80. The van der Waals surface area contributed by atoms with Gasteiger partial charge in [-0.2, -0.15) is 0 Å². The summed E-state index contributed by atoms with van der Waals surface area (Å²) < 4.78 is 16.2. The average molecular weight is 411 g/mol. The molecule has 2 aromatic rings. The molecule has 1 heterocycles. The Morgan fingerprint density at radius 2 is 1.63 bits per heavy atom. The Labute approximate surface area is 175 Å². The maximum Gasteiger partial charge on any atom is 0.319 e. The van der Waals surface area contributed by atoms with Crippen LogP contribution >= 0.6 is 0 Å². The smallest absolute Gasteiger partial charge is 0.319 e. The van der Waals surface area contributed by atoms with Gasteiger partial charge in [-0.25, -0.2) is 4.79 Å². The molecule has 0 spiro atoms. The van der Waals surface area contributed by atoms with Gasteiger partial charge < -0.3 is 30.2 Å². The molecule has 3 N–H and O–H groups in total. The van der Waals surface area contributed by atoms with E-state index in [4.69, 9.17) is 14.2 Å². The van der Waals surface area contributed by atoms with Gasteiger partial charge in [-0.1, -0.05) is 18.2 Å². The molecule has 30 heavy (non-hydrogen) atoms. The second kappa shape index (κ2) is 8.77. The summed E-state index contributed by atoms with van der Waals surface area (Å²) in [6.45, 7) is 3.60. The Morgan fingerprint density at radius 1 is 1.00 bits per heavy atom. The third-order valence-corrected chi connectivity index (χ3v) is 4.93. The third-order valence-electron chi connectivity index (χ3n) is 4.93. The van der Waals surface area contributed by atoms with E-state index in [1.165, 1.54) is 21.3 Å². The number of urea groups is 1. The number of ether oxygens (including phenoxy) is 3. The van der Waals surface area contributed by atoms with Crippen LogP contribution in [0.5, 0.6) is 17.2 Å². The van der Waals surface area contributed by atoms with Crippen molar-refractivity contribution in [2.24, 2.45) is 0 Å². The number of carbonyl (C=O) groups is 2. The molecule has 1 atom stereocenters. The summed E-state index contributed by atoms with van der Waals surface area (Å²) in [5, 5.41) is 8.41. The minimum atomic E-state index is -0.712. The number of benzene rings is 2. The van der Waals surface area contributed by atoms with Crippen molar-refractivity contribution >= 4 is 17.6 Å². The number of allylic oxidation sites excluding steroid dienone is 1. The Bertz CT molecular complexity index is 991. The van der Waals surface area contributed by atoms with Gasteiger partial charge in [0.1, 0.15) is 0 Å². The molecule has 0 saturated carbocycles. The van der Waals surface area contributed by atoms with E-state index < -0.39 is 12.1 Å². The predicted octanol–water partition coefficient (Wildman–Crippen LogP) is 3.29. The SMILES string of the molecule is COc1cc(C2NC(=O)NC(C)=C2C(=O)Nc2ccccc2C)cc(OC)c1OC. The fourth-order valence-electron chi connectivity index (χ4n) is 3.42. The molecule has 0 radical (unpaired) electrons. The summed E-state index contributed by atoms with van der Waals surface area (Å²) >= 11 is 0. The number of para-hydroxylation sites is 1. The molecule has 0 aliphatic carbocycles. The topological polar surface area (TPSA) is 97.9 Å². The molecule has 0 fully saturated rings. The highest BCUT2D eigenvalue weighted by Gasteiger charge is 2.32. The molecule has 158 valence electrons. The van der Waals surface area contributed by atoms with Crippen molar-refractivity contribution in [2.45, 2.75) is 19.9 Å². The minimum absolute atomic E-state index is 0.326. The number of methoxy groups -OCH3 is 3. The van der Waals surface area contributed by atoms with Crippen LogP contribution in [0.1, 0.15) is 24.1 Å². The second-order valence-electron chi connectivity index (χ2n) is 6.80. The lowest BCUT2D eigenvalue weighted by molar-refractivity contribution is -0.113. The average Bonchev–Trinajstić information content (AvgIpc) is 2.73. The van der Waals surface area contributed by atoms with Gasteiger partial charge >= 0.3 is 6.03 Å². The van der Waals surface area contributed by atoms with Crippen LogP contribution in [0, 0.1) is 6.92 Å². The molecule has 2 aromatic carbocycles. The van der Waals surface area contributed by atoms with E-state index in [1.807, 2.05) is 31.2 Å². The van der Waals surface area contributed by atoms with Crippen molar-refractivity contribution in [3.8, 4) is 17.2 Å². The van der Waals surface area contributed by atoms with Gasteiger partial charge in [0.15, 0.2) is 11.5 Å². The van der Waals surface area contributed by atoms with Crippen LogP contribution in [0.15, 0.2) is 47.7 Å². The Hall–Kier alpha value is -3.68. The quantitative estimate of drug-likeness (QED) is 0.678. The van der Waals surface area contributed by atoms with Gasteiger partial charge in [0.2, 0.25) is 5.75 Å². The van der Waals surface area contributed by atoms with E-state index in [9.17, 15) is 9.59 Å². The molecule has 0 aromatic heterocycles. The number of hydrogen-bond acceptors (Lipinski definition) is 5. The lowest BCUT2D eigenvalue weighted by atomic mass is 9.94.